The van der Waals surface area contributed by atoms with Crippen LogP contribution < -0.4 is 0 Å². The number of carboxylic acids is 1. The van der Waals surface area contributed by atoms with Gasteiger partial charge in [0, 0.05) is 13.0 Å². The summed E-state index contributed by atoms with van der Waals surface area (Å²) < 4.78 is 13.3. The minimum absolute atomic E-state index is 0.0600. The van der Waals surface area contributed by atoms with Gasteiger partial charge in [0.1, 0.15) is 5.82 Å². The number of amides is 1. The summed E-state index contributed by atoms with van der Waals surface area (Å²) in [6, 6.07) is 11.3. The summed E-state index contributed by atoms with van der Waals surface area (Å²) in [6.45, 7) is 2.56. The quantitative estimate of drug-likeness (QED) is 0.924. The lowest BCUT2D eigenvalue weighted by Gasteiger charge is -2.35. The normalized spacial score (nSPS) is 16.4. The SMILES string of the molecule is CC1c2ccc(F)cc2CCN1C(=O)CCc1ccc(C(=O)O)cc1. The predicted octanol–water partition coefficient (Wildman–Crippen LogP) is 3.60. The molecule has 1 amide bonds. The van der Waals surface area contributed by atoms with Crippen molar-refractivity contribution in [3.8, 4) is 0 Å². The van der Waals surface area contributed by atoms with Crippen LogP contribution in [0.1, 0.15) is 46.4 Å². The van der Waals surface area contributed by atoms with Gasteiger partial charge in [-0.15, -0.1) is 0 Å². The molecule has 1 N–H and O–H groups in total. The highest BCUT2D eigenvalue weighted by molar-refractivity contribution is 5.87. The molecule has 1 aliphatic heterocycles. The second-order valence-electron chi connectivity index (χ2n) is 6.36. The second kappa shape index (κ2) is 7.05. The predicted molar refractivity (Wildman–Crippen MR) is 92.0 cm³/mol. The molecule has 0 fully saturated rings. The van der Waals surface area contributed by atoms with Gasteiger partial charge >= 0.3 is 5.97 Å². The number of aryl methyl sites for hydroxylation is 1. The van der Waals surface area contributed by atoms with Crippen LogP contribution in [0.3, 0.4) is 0 Å². The van der Waals surface area contributed by atoms with E-state index in [1.165, 1.54) is 6.07 Å². The molecular weight excluding hydrogens is 321 g/mol. The van der Waals surface area contributed by atoms with E-state index in [0.717, 1.165) is 16.7 Å². The Kier molecular flexibility index (Phi) is 4.83. The molecule has 2 aromatic carbocycles. The molecule has 5 heteroatoms. The lowest BCUT2D eigenvalue weighted by molar-refractivity contribution is -0.133. The van der Waals surface area contributed by atoms with E-state index in [1.54, 1.807) is 36.4 Å². The van der Waals surface area contributed by atoms with Crippen LogP contribution in [0.15, 0.2) is 42.5 Å². The Hall–Kier alpha value is -2.69. The summed E-state index contributed by atoms with van der Waals surface area (Å²) >= 11 is 0. The van der Waals surface area contributed by atoms with Crippen LogP contribution >= 0.6 is 0 Å². The molecule has 25 heavy (non-hydrogen) atoms. The molecule has 4 nitrogen and oxygen atoms in total. The van der Waals surface area contributed by atoms with Crippen molar-refractivity contribution in [2.45, 2.75) is 32.2 Å². The first kappa shape index (κ1) is 17.1. The van der Waals surface area contributed by atoms with E-state index in [2.05, 4.69) is 0 Å². The minimum Gasteiger partial charge on any atom is -0.478 e. The Morgan fingerprint density at radius 1 is 1.20 bits per heavy atom. The zero-order valence-electron chi connectivity index (χ0n) is 14.0. The lowest BCUT2D eigenvalue weighted by Crippen LogP contribution is -2.39. The molecule has 1 unspecified atom stereocenters. The summed E-state index contributed by atoms with van der Waals surface area (Å²) in [5.74, 6) is -1.14. The third-order valence-electron chi connectivity index (χ3n) is 4.79. The van der Waals surface area contributed by atoms with Gasteiger partial charge in [-0.05, 0) is 60.7 Å². The third-order valence-corrected chi connectivity index (χ3v) is 4.79. The van der Waals surface area contributed by atoms with Crippen molar-refractivity contribution in [3.63, 3.8) is 0 Å². The first-order chi connectivity index (χ1) is 12.0. The maximum Gasteiger partial charge on any atom is 0.335 e. The van der Waals surface area contributed by atoms with Gasteiger partial charge < -0.3 is 10.0 Å². The number of fused-ring (bicyclic) bond motifs is 1. The standard InChI is InChI=1S/C20H20FNO3/c1-13-18-8-7-17(21)12-16(18)10-11-22(13)19(23)9-4-14-2-5-15(6-3-14)20(24)25/h2-3,5-8,12-13H,4,9-11H2,1H3,(H,24,25). The van der Waals surface area contributed by atoms with Crippen molar-refractivity contribution in [2.75, 3.05) is 6.54 Å². The fourth-order valence-corrected chi connectivity index (χ4v) is 3.35. The molecule has 3 rings (SSSR count). The summed E-state index contributed by atoms with van der Waals surface area (Å²) in [5, 5.41) is 8.91. The van der Waals surface area contributed by atoms with Crippen LogP contribution in [0.5, 0.6) is 0 Å². The number of hydrogen-bond donors (Lipinski definition) is 1. The van der Waals surface area contributed by atoms with E-state index < -0.39 is 5.97 Å². The lowest BCUT2D eigenvalue weighted by atomic mass is 9.93. The van der Waals surface area contributed by atoms with E-state index in [-0.39, 0.29) is 23.3 Å². The highest BCUT2D eigenvalue weighted by Crippen LogP contribution is 2.30. The smallest absolute Gasteiger partial charge is 0.335 e. The molecule has 0 aliphatic carbocycles. The summed E-state index contributed by atoms with van der Waals surface area (Å²) in [6.07, 6.45) is 1.60. The van der Waals surface area contributed by atoms with E-state index in [0.29, 0.717) is 25.8 Å². The van der Waals surface area contributed by atoms with Crippen LogP contribution in [0.25, 0.3) is 0 Å². The van der Waals surface area contributed by atoms with Crippen molar-refractivity contribution in [1.29, 1.82) is 0 Å². The minimum atomic E-state index is -0.958. The summed E-state index contributed by atoms with van der Waals surface area (Å²) in [5.41, 5.74) is 3.15. The van der Waals surface area contributed by atoms with Gasteiger partial charge in [-0.1, -0.05) is 18.2 Å². The number of halogens is 1. The Labute approximate surface area is 145 Å². The van der Waals surface area contributed by atoms with Gasteiger partial charge in [-0.2, -0.15) is 0 Å². The number of aromatic carboxylic acids is 1. The van der Waals surface area contributed by atoms with Crippen LogP contribution in [0.4, 0.5) is 4.39 Å². The second-order valence-corrected chi connectivity index (χ2v) is 6.36. The molecule has 0 bridgehead atoms. The monoisotopic (exact) mass is 341 g/mol. The van der Waals surface area contributed by atoms with Crippen molar-refractivity contribution in [2.24, 2.45) is 0 Å². The van der Waals surface area contributed by atoms with Gasteiger partial charge in [0.15, 0.2) is 0 Å². The maximum atomic E-state index is 13.3. The van der Waals surface area contributed by atoms with Gasteiger partial charge in [0.25, 0.3) is 0 Å². The number of carboxylic acid groups (broad SMARTS) is 1. The van der Waals surface area contributed by atoms with Crippen LogP contribution in [-0.4, -0.2) is 28.4 Å². The van der Waals surface area contributed by atoms with Gasteiger partial charge in [-0.25, -0.2) is 9.18 Å². The number of carbonyl (C=O) groups is 2. The van der Waals surface area contributed by atoms with E-state index in [9.17, 15) is 14.0 Å². The first-order valence-electron chi connectivity index (χ1n) is 8.35. The molecule has 0 radical (unpaired) electrons. The Morgan fingerprint density at radius 3 is 2.60 bits per heavy atom. The zero-order chi connectivity index (χ0) is 18.0. The number of hydrogen-bond acceptors (Lipinski definition) is 2. The van der Waals surface area contributed by atoms with Crippen LogP contribution in [0, 0.1) is 5.82 Å². The fourth-order valence-electron chi connectivity index (χ4n) is 3.35. The maximum absolute atomic E-state index is 13.3. The average molecular weight is 341 g/mol. The highest BCUT2D eigenvalue weighted by Gasteiger charge is 2.27. The van der Waals surface area contributed by atoms with Crippen LogP contribution in [0.2, 0.25) is 0 Å². The highest BCUT2D eigenvalue weighted by atomic mass is 19.1. The average Bonchev–Trinajstić information content (AvgIpc) is 2.60. The number of nitrogens with zero attached hydrogens (tertiary/aromatic N) is 1. The molecule has 0 saturated carbocycles. The molecular formula is C20H20FNO3. The molecule has 2 aromatic rings. The van der Waals surface area contributed by atoms with Crippen molar-refractivity contribution < 1.29 is 19.1 Å². The topological polar surface area (TPSA) is 57.6 Å². The molecule has 1 aliphatic rings. The van der Waals surface area contributed by atoms with Crippen molar-refractivity contribution >= 4 is 11.9 Å². The van der Waals surface area contributed by atoms with Crippen molar-refractivity contribution in [1.82, 2.24) is 4.90 Å². The molecule has 1 atom stereocenters. The summed E-state index contributed by atoms with van der Waals surface area (Å²) in [4.78, 5) is 25.3. The zero-order valence-corrected chi connectivity index (χ0v) is 14.0. The Balaban J connectivity index is 1.63. The third kappa shape index (κ3) is 3.71. The Bertz CT molecular complexity index is 801. The van der Waals surface area contributed by atoms with Crippen molar-refractivity contribution in [3.05, 3.63) is 70.5 Å². The number of rotatable bonds is 4. The van der Waals surface area contributed by atoms with Gasteiger partial charge in [-0.3, -0.25) is 4.79 Å². The van der Waals surface area contributed by atoms with E-state index >= 15 is 0 Å². The molecule has 0 spiro atoms. The Morgan fingerprint density at radius 2 is 1.92 bits per heavy atom. The summed E-state index contributed by atoms with van der Waals surface area (Å²) in [7, 11) is 0. The van der Waals surface area contributed by atoms with Gasteiger partial charge in [0.2, 0.25) is 5.91 Å². The van der Waals surface area contributed by atoms with E-state index in [1.807, 2.05) is 11.8 Å². The number of benzene rings is 2. The van der Waals surface area contributed by atoms with Gasteiger partial charge in [0.05, 0.1) is 11.6 Å². The molecule has 0 aromatic heterocycles. The largest absolute Gasteiger partial charge is 0.478 e. The first-order valence-corrected chi connectivity index (χ1v) is 8.35. The van der Waals surface area contributed by atoms with E-state index in [4.69, 9.17) is 5.11 Å². The van der Waals surface area contributed by atoms with Crippen LogP contribution in [-0.2, 0) is 17.6 Å². The number of carbonyl (C=O) groups excluding carboxylic acids is 1. The fraction of sp³-hybridized carbons (Fsp3) is 0.300. The molecule has 130 valence electrons. The molecule has 0 saturated heterocycles. The molecule has 1 heterocycles.